The van der Waals surface area contributed by atoms with E-state index < -0.39 is 0 Å². The van der Waals surface area contributed by atoms with Crippen LogP contribution in [0.1, 0.15) is 155 Å². The van der Waals surface area contributed by atoms with Gasteiger partial charge in [-0.15, -0.1) is 0 Å². The molecule has 0 spiro atoms. The van der Waals surface area contributed by atoms with Crippen LogP contribution in [-0.2, 0) is 77.0 Å². The first-order valence-electron chi connectivity index (χ1n) is 27.2. The van der Waals surface area contributed by atoms with E-state index in [1.54, 1.807) is 0 Å². The number of rotatable bonds is 12. The average molecular weight is 972 g/mol. The SMILES string of the molecule is CCc1nc(CC)c(C)c(Cc2cccc3c2-c2ccccc2C3)n1.CCc1nc(CC)nc(Cc2cccc3c2-c2ccccc2C3)n1.CCc1nc(Cc2cccc3c2-c2ccccc2C3)nc(CC)c1C. The number of nitrogens with zero attached hydrogens (tertiary/aromatic N) is 7. The van der Waals surface area contributed by atoms with E-state index in [0.29, 0.717) is 0 Å². The third-order valence-electron chi connectivity index (χ3n) is 15.3. The topological polar surface area (TPSA) is 90.2 Å². The Morgan fingerprint density at radius 3 is 0.973 bits per heavy atom. The van der Waals surface area contributed by atoms with Gasteiger partial charge in [0, 0.05) is 55.6 Å². The zero-order chi connectivity index (χ0) is 51.3. The fraction of sp³-hybridized carbons (Fsp3) is 0.299. The molecule has 6 aromatic carbocycles. The first-order chi connectivity index (χ1) is 36.2. The molecular formula is C67H69N7. The van der Waals surface area contributed by atoms with E-state index in [2.05, 4.69) is 198 Å². The Bertz CT molecular complexity index is 3470. The molecule has 9 aromatic rings. The molecule has 74 heavy (non-hydrogen) atoms. The molecule has 372 valence electrons. The summed E-state index contributed by atoms with van der Waals surface area (Å²) < 4.78 is 0. The van der Waals surface area contributed by atoms with Crippen molar-refractivity contribution in [1.82, 2.24) is 34.9 Å². The highest BCUT2D eigenvalue weighted by atomic mass is 15.0. The van der Waals surface area contributed by atoms with Crippen molar-refractivity contribution in [3.8, 4) is 33.4 Å². The molecule has 0 unspecified atom stereocenters. The van der Waals surface area contributed by atoms with Crippen LogP contribution in [0.15, 0.2) is 127 Å². The number of hydrogen-bond acceptors (Lipinski definition) is 7. The lowest BCUT2D eigenvalue weighted by molar-refractivity contribution is 0.779. The Morgan fingerprint density at radius 2 is 0.581 bits per heavy atom. The van der Waals surface area contributed by atoms with Crippen LogP contribution < -0.4 is 0 Å². The highest BCUT2D eigenvalue weighted by Crippen LogP contribution is 2.42. The molecule has 12 rings (SSSR count). The Morgan fingerprint density at radius 1 is 0.284 bits per heavy atom. The fourth-order valence-electron chi connectivity index (χ4n) is 11.5. The van der Waals surface area contributed by atoms with Gasteiger partial charge in [0.25, 0.3) is 0 Å². The Kier molecular flexibility index (Phi) is 15.1. The van der Waals surface area contributed by atoms with E-state index in [1.165, 1.54) is 117 Å². The van der Waals surface area contributed by atoms with Crippen LogP contribution in [0.2, 0.25) is 0 Å². The van der Waals surface area contributed by atoms with Crippen LogP contribution >= 0.6 is 0 Å². The maximum absolute atomic E-state index is 4.87. The van der Waals surface area contributed by atoms with Gasteiger partial charge in [-0.05, 0) is 147 Å². The van der Waals surface area contributed by atoms with Crippen LogP contribution in [0.4, 0.5) is 0 Å². The van der Waals surface area contributed by atoms with E-state index in [4.69, 9.17) is 19.9 Å². The van der Waals surface area contributed by atoms with E-state index in [-0.39, 0.29) is 0 Å². The zero-order valence-electron chi connectivity index (χ0n) is 44.7. The summed E-state index contributed by atoms with van der Waals surface area (Å²) in [6.07, 6.45) is 11.0. The standard InChI is InChI=1S/2C23H24N2.C21H21N3/c1-4-20-15(3)21(25-22(5-2)24-20)14-18-11-8-10-17-13-16-9-6-7-12-19(16)23(17)18;1-4-20-15(3)21(5-2)25-22(24-20)14-18-11-8-10-17-13-16-9-6-7-12-19(16)23(17)18;1-3-18-22-19(4-2)24-20(23-18)13-16-10-7-9-15-12-14-8-5-6-11-17(14)21(15)16/h2*6-12H,4-5,13-14H2,1-3H3;5-11H,3-4,12-13H2,1-2H3. The van der Waals surface area contributed by atoms with Gasteiger partial charge in [0.2, 0.25) is 0 Å². The predicted molar refractivity (Wildman–Crippen MR) is 302 cm³/mol. The van der Waals surface area contributed by atoms with Gasteiger partial charge in [0.1, 0.15) is 29.1 Å². The highest BCUT2D eigenvalue weighted by Gasteiger charge is 2.25. The van der Waals surface area contributed by atoms with Gasteiger partial charge in [-0.25, -0.2) is 34.9 Å². The van der Waals surface area contributed by atoms with Gasteiger partial charge in [0.05, 0.1) is 5.69 Å². The molecule has 0 aliphatic heterocycles. The molecule has 0 fully saturated rings. The summed E-state index contributed by atoms with van der Waals surface area (Å²) in [6, 6.07) is 46.2. The van der Waals surface area contributed by atoms with Crippen molar-refractivity contribution in [3.05, 3.63) is 240 Å². The summed E-state index contributed by atoms with van der Waals surface area (Å²) in [6.45, 7) is 17.2. The molecule has 3 aliphatic carbocycles. The normalized spacial score (nSPS) is 12.1. The largest absolute Gasteiger partial charge is 0.238 e. The first-order valence-corrected chi connectivity index (χ1v) is 27.2. The van der Waals surface area contributed by atoms with Crippen LogP contribution in [0.25, 0.3) is 33.4 Å². The molecule has 0 bridgehead atoms. The average Bonchev–Trinajstić information content (AvgIpc) is 4.15. The smallest absolute Gasteiger partial charge is 0.137 e. The van der Waals surface area contributed by atoms with Crippen molar-refractivity contribution in [1.29, 1.82) is 0 Å². The molecule has 0 N–H and O–H groups in total. The molecule has 3 aliphatic rings. The second kappa shape index (κ2) is 22.3. The number of benzene rings is 6. The van der Waals surface area contributed by atoms with E-state index in [9.17, 15) is 0 Å². The second-order valence-corrected chi connectivity index (χ2v) is 19.9. The fourth-order valence-corrected chi connectivity index (χ4v) is 11.5. The molecule has 0 saturated carbocycles. The molecule has 3 heterocycles. The predicted octanol–water partition coefficient (Wildman–Crippen LogP) is 14.3. The van der Waals surface area contributed by atoms with Crippen molar-refractivity contribution in [3.63, 3.8) is 0 Å². The van der Waals surface area contributed by atoms with Crippen molar-refractivity contribution < 1.29 is 0 Å². The Hall–Kier alpha value is -7.51. The quantitative estimate of drug-likeness (QED) is 0.120. The minimum atomic E-state index is 0.764. The maximum Gasteiger partial charge on any atom is 0.137 e. The van der Waals surface area contributed by atoms with Crippen LogP contribution in [0, 0.1) is 13.8 Å². The Balaban J connectivity index is 0.000000127. The van der Waals surface area contributed by atoms with Crippen molar-refractivity contribution in [2.75, 3.05) is 0 Å². The van der Waals surface area contributed by atoms with E-state index >= 15 is 0 Å². The summed E-state index contributed by atoms with van der Waals surface area (Å²) in [4.78, 5) is 33.1. The lowest BCUT2D eigenvalue weighted by atomic mass is 9.94. The van der Waals surface area contributed by atoms with Crippen LogP contribution in [0.3, 0.4) is 0 Å². The van der Waals surface area contributed by atoms with Gasteiger partial charge in [-0.2, -0.15) is 0 Å². The molecule has 0 saturated heterocycles. The molecule has 0 amide bonds. The number of aromatic nitrogens is 7. The lowest BCUT2D eigenvalue weighted by Crippen LogP contribution is -2.08. The van der Waals surface area contributed by atoms with Crippen molar-refractivity contribution in [2.24, 2.45) is 0 Å². The van der Waals surface area contributed by atoms with Gasteiger partial charge in [-0.1, -0.05) is 169 Å². The summed E-state index contributed by atoms with van der Waals surface area (Å²) in [7, 11) is 0. The van der Waals surface area contributed by atoms with Gasteiger partial charge in [-0.3, -0.25) is 0 Å². The van der Waals surface area contributed by atoms with Gasteiger partial charge in [0.15, 0.2) is 0 Å². The monoisotopic (exact) mass is 972 g/mol. The molecule has 7 nitrogen and oxygen atoms in total. The number of fused-ring (bicyclic) bond motifs is 9. The molecular weight excluding hydrogens is 903 g/mol. The molecule has 0 atom stereocenters. The highest BCUT2D eigenvalue weighted by molar-refractivity contribution is 5.81. The minimum absolute atomic E-state index is 0.764. The third-order valence-corrected chi connectivity index (χ3v) is 15.3. The van der Waals surface area contributed by atoms with E-state index in [0.717, 1.165) is 106 Å². The maximum atomic E-state index is 4.87. The van der Waals surface area contributed by atoms with Crippen LogP contribution in [0.5, 0.6) is 0 Å². The summed E-state index contributed by atoms with van der Waals surface area (Å²) in [5, 5.41) is 0. The molecule has 0 radical (unpaired) electrons. The minimum Gasteiger partial charge on any atom is -0.238 e. The van der Waals surface area contributed by atoms with Crippen LogP contribution in [-0.4, -0.2) is 34.9 Å². The molecule has 3 aromatic heterocycles. The summed E-state index contributed by atoms with van der Waals surface area (Å²) in [5.41, 5.74) is 28.2. The molecule has 7 heteroatoms. The van der Waals surface area contributed by atoms with Crippen molar-refractivity contribution in [2.45, 2.75) is 132 Å². The summed E-state index contributed by atoms with van der Waals surface area (Å²) in [5.74, 6) is 4.59. The lowest BCUT2D eigenvalue weighted by Gasteiger charge is -2.14. The second-order valence-electron chi connectivity index (χ2n) is 19.9. The number of hydrogen-bond donors (Lipinski definition) is 0. The number of aryl methyl sites for hydroxylation is 6. The van der Waals surface area contributed by atoms with Gasteiger partial charge >= 0.3 is 0 Å². The third kappa shape index (κ3) is 10.2. The van der Waals surface area contributed by atoms with Gasteiger partial charge < -0.3 is 0 Å². The first kappa shape index (κ1) is 50.0. The Labute approximate surface area is 439 Å². The zero-order valence-corrected chi connectivity index (χ0v) is 44.7. The summed E-state index contributed by atoms with van der Waals surface area (Å²) >= 11 is 0. The van der Waals surface area contributed by atoms with E-state index in [1.807, 2.05) is 0 Å². The van der Waals surface area contributed by atoms with Crippen molar-refractivity contribution >= 4 is 0 Å².